The largest absolute Gasteiger partial charge is 0.419 e. The number of aromatic amines is 1. The first-order valence-corrected chi connectivity index (χ1v) is 9.84. The van der Waals surface area contributed by atoms with Gasteiger partial charge in [-0.2, -0.15) is 13.2 Å². The highest BCUT2D eigenvalue weighted by molar-refractivity contribution is 5.94. The van der Waals surface area contributed by atoms with Gasteiger partial charge in [0.15, 0.2) is 0 Å². The van der Waals surface area contributed by atoms with Crippen LogP contribution in [0.25, 0.3) is 16.6 Å². The summed E-state index contributed by atoms with van der Waals surface area (Å²) in [7, 11) is 0. The molecule has 4 heterocycles. The van der Waals surface area contributed by atoms with Crippen molar-refractivity contribution in [3.63, 3.8) is 0 Å². The number of hydrogen-bond acceptors (Lipinski definition) is 4. The fourth-order valence-corrected chi connectivity index (χ4v) is 3.95. The van der Waals surface area contributed by atoms with Gasteiger partial charge in [0.2, 0.25) is 0 Å². The van der Waals surface area contributed by atoms with Gasteiger partial charge in [-0.1, -0.05) is 6.08 Å². The monoisotopic (exact) mass is 394 g/mol. The summed E-state index contributed by atoms with van der Waals surface area (Å²) in [4.78, 5) is 9.56. The lowest BCUT2D eigenvalue weighted by molar-refractivity contribution is -0.137. The Labute approximate surface area is 162 Å². The van der Waals surface area contributed by atoms with Gasteiger partial charge in [-0.3, -0.25) is 0 Å². The number of alkyl halides is 3. The Morgan fingerprint density at radius 2 is 2.07 bits per heavy atom. The van der Waals surface area contributed by atoms with E-state index in [1.165, 1.54) is 12.8 Å². The van der Waals surface area contributed by atoms with Crippen molar-refractivity contribution >= 4 is 22.3 Å². The molecule has 2 aromatic rings. The normalized spacial score (nSPS) is 18.6. The summed E-state index contributed by atoms with van der Waals surface area (Å²) < 4.78 is 46.0. The maximum Gasteiger partial charge on any atom is 0.419 e. The fourth-order valence-electron chi connectivity index (χ4n) is 3.95. The maximum atomic E-state index is 13.6. The Kier molecular flexibility index (Phi) is 5.59. The number of aromatic nitrogens is 2. The van der Waals surface area contributed by atoms with Gasteiger partial charge in [0, 0.05) is 23.8 Å². The molecule has 2 aromatic heterocycles. The standard InChI is InChI=1S/C20H25F3N4O/c21-20(22,23)16-13-25-19-15(12-17(26-19)14-4-10-28-11-5-14)18(16)24-6-3-9-27-7-1-2-8-27/h4,12-13H,1-3,5-11H2,(H2,24,25,26). The number of pyridine rings is 1. The molecule has 0 saturated carbocycles. The minimum Gasteiger partial charge on any atom is -0.384 e. The smallest absolute Gasteiger partial charge is 0.384 e. The number of rotatable bonds is 6. The molecule has 2 aliphatic rings. The molecule has 4 rings (SSSR count). The van der Waals surface area contributed by atoms with Gasteiger partial charge in [0.25, 0.3) is 0 Å². The average Bonchev–Trinajstić information content (AvgIpc) is 3.34. The van der Waals surface area contributed by atoms with Gasteiger partial charge >= 0.3 is 6.18 Å². The molecule has 28 heavy (non-hydrogen) atoms. The van der Waals surface area contributed by atoms with Crippen LogP contribution in [0, 0.1) is 0 Å². The van der Waals surface area contributed by atoms with Crippen LogP contribution in [-0.2, 0) is 10.9 Å². The van der Waals surface area contributed by atoms with Gasteiger partial charge in [-0.15, -0.1) is 0 Å². The molecule has 5 nitrogen and oxygen atoms in total. The number of ether oxygens (including phenoxy) is 1. The van der Waals surface area contributed by atoms with Crippen molar-refractivity contribution in [1.29, 1.82) is 0 Å². The Morgan fingerprint density at radius 1 is 1.25 bits per heavy atom. The molecule has 2 N–H and O–H groups in total. The molecule has 0 spiro atoms. The first-order chi connectivity index (χ1) is 13.5. The third-order valence-corrected chi connectivity index (χ3v) is 5.42. The number of anilines is 1. The predicted octanol–water partition coefficient (Wildman–Crippen LogP) is 4.28. The lowest BCUT2D eigenvalue weighted by Crippen LogP contribution is -2.22. The number of hydrogen-bond donors (Lipinski definition) is 2. The topological polar surface area (TPSA) is 53.2 Å². The molecular formula is C20H25F3N4O. The average molecular weight is 394 g/mol. The van der Waals surface area contributed by atoms with Crippen LogP contribution in [0.2, 0.25) is 0 Å². The zero-order chi connectivity index (χ0) is 19.6. The molecule has 152 valence electrons. The van der Waals surface area contributed by atoms with Gasteiger partial charge in [0.05, 0.1) is 24.5 Å². The van der Waals surface area contributed by atoms with Crippen LogP contribution in [0.5, 0.6) is 0 Å². The third kappa shape index (κ3) is 4.17. The second kappa shape index (κ2) is 8.13. The van der Waals surface area contributed by atoms with Gasteiger partial charge in [0.1, 0.15) is 5.65 Å². The van der Waals surface area contributed by atoms with Crippen LogP contribution in [-0.4, -0.2) is 54.3 Å². The third-order valence-electron chi connectivity index (χ3n) is 5.42. The lowest BCUT2D eigenvalue weighted by atomic mass is 10.1. The summed E-state index contributed by atoms with van der Waals surface area (Å²) in [6, 6.07) is 1.78. The number of nitrogens with zero attached hydrogens (tertiary/aromatic N) is 2. The molecule has 0 radical (unpaired) electrons. The van der Waals surface area contributed by atoms with E-state index < -0.39 is 11.7 Å². The predicted molar refractivity (Wildman–Crippen MR) is 103 cm³/mol. The van der Waals surface area contributed by atoms with E-state index in [0.29, 0.717) is 30.8 Å². The van der Waals surface area contributed by atoms with Crippen LogP contribution in [0.4, 0.5) is 18.9 Å². The van der Waals surface area contributed by atoms with Crippen LogP contribution in [0.3, 0.4) is 0 Å². The van der Waals surface area contributed by atoms with E-state index in [4.69, 9.17) is 4.74 Å². The minimum atomic E-state index is -4.45. The maximum absolute atomic E-state index is 13.6. The summed E-state index contributed by atoms with van der Waals surface area (Å²) in [5.74, 6) is 0. The first-order valence-electron chi connectivity index (χ1n) is 9.84. The fraction of sp³-hybridized carbons (Fsp3) is 0.550. The second-order valence-electron chi connectivity index (χ2n) is 7.37. The SMILES string of the molecule is FC(F)(F)c1cnc2[nH]c(C3=CCOCC3)cc2c1NCCCN1CCCC1. The van der Waals surface area contributed by atoms with Gasteiger partial charge < -0.3 is 19.9 Å². The summed E-state index contributed by atoms with van der Waals surface area (Å²) in [5, 5.41) is 3.54. The van der Waals surface area contributed by atoms with Crippen molar-refractivity contribution in [2.45, 2.75) is 31.9 Å². The van der Waals surface area contributed by atoms with E-state index in [-0.39, 0.29) is 5.69 Å². The number of H-pyrrole nitrogens is 1. The number of halogens is 3. The van der Waals surface area contributed by atoms with E-state index in [2.05, 4.69) is 20.2 Å². The van der Waals surface area contributed by atoms with E-state index in [0.717, 1.165) is 49.9 Å². The van der Waals surface area contributed by atoms with Crippen LogP contribution >= 0.6 is 0 Å². The molecule has 1 fully saturated rings. The molecule has 8 heteroatoms. The Balaban J connectivity index is 1.58. The van der Waals surface area contributed by atoms with Crippen molar-refractivity contribution in [3.05, 3.63) is 29.6 Å². The number of likely N-dealkylation sites (tertiary alicyclic amines) is 1. The van der Waals surface area contributed by atoms with Crippen molar-refractivity contribution in [2.75, 3.05) is 44.7 Å². The minimum absolute atomic E-state index is 0.120. The highest BCUT2D eigenvalue weighted by atomic mass is 19.4. The van der Waals surface area contributed by atoms with Crippen LogP contribution < -0.4 is 5.32 Å². The highest BCUT2D eigenvalue weighted by Crippen LogP contribution is 2.39. The number of nitrogens with one attached hydrogen (secondary N) is 2. The van der Waals surface area contributed by atoms with E-state index in [1.807, 2.05) is 6.08 Å². The quantitative estimate of drug-likeness (QED) is 0.718. The molecule has 0 aromatic carbocycles. The molecule has 0 atom stereocenters. The summed E-state index contributed by atoms with van der Waals surface area (Å²) in [6.07, 6.45) is 2.39. The number of fused-ring (bicyclic) bond motifs is 1. The lowest BCUT2D eigenvalue weighted by Gasteiger charge is -2.17. The van der Waals surface area contributed by atoms with Crippen LogP contribution in [0.15, 0.2) is 18.3 Å². The Hall–Kier alpha value is -2.06. The van der Waals surface area contributed by atoms with Crippen molar-refractivity contribution < 1.29 is 17.9 Å². The Morgan fingerprint density at radius 3 is 2.79 bits per heavy atom. The molecule has 2 aliphatic heterocycles. The van der Waals surface area contributed by atoms with E-state index in [1.54, 1.807) is 6.07 Å². The van der Waals surface area contributed by atoms with Crippen molar-refractivity contribution in [3.8, 4) is 0 Å². The van der Waals surface area contributed by atoms with Gasteiger partial charge in [-0.05, 0) is 57.0 Å². The molecule has 0 bridgehead atoms. The van der Waals surface area contributed by atoms with Crippen molar-refractivity contribution in [1.82, 2.24) is 14.9 Å². The molecular weight excluding hydrogens is 369 g/mol. The van der Waals surface area contributed by atoms with Crippen LogP contribution in [0.1, 0.15) is 36.9 Å². The summed E-state index contributed by atoms with van der Waals surface area (Å²) >= 11 is 0. The Bertz CT molecular complexity index is 853. The summed E-state index contributed by atoms with van der Waals surface area (Å²) in [5.41, 5.74) is 1.74. The molecule has 0 amide bonds. The van der Waals surface area contributed by atoms with E-state index >= 15 is 0 Å². The molecule has 0 unspecified atom stereocenters. The zero-order valence-corrected chi connectivity index (χ0v) is 15.7. The second-order valence-corrected chi connectivity index (χ2v) is 7.37. The van der Waals surface area contributed by atoms with Crippen molar-refractivity contribution in [2.24, 2.45) is 0 Å². The highest BCUT2D eigenvalue weighted by Gasteiger charge is 2.35. The van der Waals surface area contributed by atoms with E-state index in [9.17, 15) is 13.2 Å². The summed E-state index contributed by atoms with van der Waals surface area (Å²) in [6.45, 7) is 4.72. The zero-order valence-electron chi connectivity index (χ0n) is 15.7. The van der Waals surface area contributed by atoms with Gasteiger partial charge in [-0.25, -0.2) is 4.98 Å². The first kappa shape index (κ1) is 19.3. The molecule has 0 aliphatic carbocycles. The molecule has 1 saturated heterocycles.